The molecule has 1 fully saturated rings. The molecule has 1 aliphatic rings. The van der Waals surface area contributed by atoms with Crippen molar-refractivity contribution in [2.45, 2.75) is 25.3 Å². The van der Waals surface area contributed by atoms with Crippen molar-refractivity contribution in [2.75, 3.05) is 23.3 Å². The minimum Gasteiger partial charge on any atom is -0.370 e. The van der Waals surface area contributed by atoms with Crippen molar-refractivity contribution in [3.05, 3.63) is 66.5 Å². The van der Waals surface area contributed by atoms with E-state index in [9.17, 15) is 4.79 Å². The van der Waals surface area contributed by atoms with E-state index in [4.69, 9.17) is 5.73 Å². The van der Waals surface area contributed by atoms with Crippen LogP contribution >= 0.6 is 0 Å². The monoisotopic (exact) mass is 399 g/mol. The standard InChI is InChI=1S/C24H25N5O/c25-19(14-16-15-27-20-8-2-1-6-17(16)20)24(30)28-21-9-10-22(29-12-3-4-13-29)23-18(21)7-5-11-26-23/h1-2,5-11,15,19,27H,3-4,12-14,25H2,(H,28,30)/t19-/m1/s1. The fourth-order valence-corrected chi connectivity index (χ4v) is 4.34. The summed E-state index contributed by atoms with van der Waals surface area (Å²) >= 11 is 0. The zero-order valence-electron chi connectivity index (χ0n) is 16.8. The summed E-state index contributed by atoms with van der Waals surface area (Å²) in [5, 5.41) is 5.07. The SMILES string of the molecule is N[C@H](Cc1c[nH]c2ccccc12)C(=O)Nc1ccc(N2CCCC2)c2ncccc12. The third-order valence-corrected chi connectivity index (χ3v) is 5.90. The van der Waals surface area contributed by atoms with Crippen molar-refractivity contribution in [3.8, 4) is 0 Å². The quantitative estimate of drug-likeness (QED) is 0.476. The number of benzene rings is 2. The van der Waals surface area contributed by atoms with Gasteiger partial charge in [0.1, 0.15) is 0 Å². The fraction of sp³-hybridized carbons (Fsp3) is 0.250. The molecule has 2 aromatic heterocycles. The molecule has 0 spiro atoms. The van der Waals surface area contributed by atoms with Crippen LogP contribution in [0.1, 0.15) is 18.4 Å². The highest BCUT2D eigenvalue weighted by Crippen LogP contribution is 2.32. The molecule has 0 aliphatic carbocycles. The molecule has 2 aromatic carbocycles. The number of amides is 1. The highest BCUT2D eigenvalue weighted by Gasteiger charge is 2.20. The van der Waals surface area contributed by atoms with Gasteiger partial charge in [0.2, 0.25) is 5.91 Å². The Morgan fingerprint density at radius 2 is 1.90 bits per heavy atom. The second kappa shape index (κ2) is 7.80. The molecular weight excluding hydrogens is 374 g/mol. The first-order valence-electron chi connectivity index (χ1n) is 10.4. The summed E-state index contributed by atoms with van der Waals surface area (Å²) in [6.07, 6.45) is 6.61. The lowest BCUT2D eigenvalue weighted by Crippen LogP contribution is -2.37. The number of fused-ring (bicyclic) bond motifs is 2. The fourth-order valence-electron chi connectivity index (χ4n) is 4.34. The lowest BCUT2D eigenvalue weighted by Gasteiger charge is -2.21. The maximum absolute atomic E-state index is 12.9. The van der Waals surface area contributed by atoms with Crippen molar-refractivity contribution in [1.82, 2.24) is 9.97 Å². The van der Waals surface area contributed by atoms with Gasteiger partial charge in [-0.25, -0.2) is 0 Å². The van der Waals surface area contributed by atoms with E-state index in [1.54, 1.807) is 6.20 Å². The van der Waals surface area contributed by atoms with Gasteiger partial charge in [0.15, 0.2) is 0 Å². The Balaban J connectivity index is 1.38. The first kappa shape index (κ1) is 18.6. The summed E-state index contributed by atoms with van der Waals surface area (Å²) in [5.74, 6) is -0.195. The van der Waals surface area contributed by atoms with Crippen LogP contribution in [-0.2, 0) is 11.2 Å². The maximum Gasteiger partial charge on any atom is 0.241 e. The number of carbonyl (C=O) groups excluding carboxylic acids is 1. The Morgan fingerprint density at radius 1 is 1.10 bits per heavy atom. The molecule has 0 bridgehead atoms. The predicted molar refractivity (Wildman–Crippen MR) is 122 cm³/mol. The first-order valence-corrected chi connectivity index (χ1v) is 10.4. The van der Waals surface area contributed by atoms with E-state index in [2.05, 4.69) is 26.3 Å². The van der Waals surface area contributed by atoms with Gasteiger partial charge >= 0.3 is 0 Å². The molecule has 30 heavy (non-hydrogen) atoms. The summed E-state index contributed by atoms with van der Waals surface area (Å²) in [7, 11) is 0. The van der Waals surface area contributed by atoms with Crippen LogP contribution < -0.4 is 16.0 Å². The number of H-pyrrole nitrogens is 1. The Bertz CT molecular complexity index is 1210. The third-order valence-electron chi connectivity index (χ3n) is 5.90. The predicted octanol–water partition coefficient (Wildman–Crippen LogP) is 3.82. The number of rotatable bonds is 5. The Kier molecular flexibility index (Phi) is 4.85. The molecule has 4 aromatic rings. The number of anilines is 2. The van der Waals surface area contributed by atoms with Gasteiger partial charge in [0.05, 0.1) is 22.9 Å². The van der Waals surface area contributed by atoms with Crippen LogP contribution in [0.2, 0.25) is 0 Å². The zero-order chi connectivity index (χ0) is 20.5. The normalized spacial score (nSPS) is 15.0. The number of nitrogens with one attached hydrogen (secondary N) is 2. The van der Waals surface area contributed by atoms with Crippen LogP contribution in [0.15, 0.2) is 60.9 Å². The van der Waals surface area contributed by atoms with Crippen molar-refractivity contribution < 1.29 is 4.79 Å². The second-order valence-electron chi connectivity index (χ2n) is 7.89. The van der Waals surface area contributed by atoms with E-state index >= 15 is 0 Å². The van der Waals surface area contributed by atoms with Crippen molar-refractivity contribution in [3.63, 3.8) is 0 Å². The zero-order valence-corrected chi connectivity index (χ0v) is 16.8. The van der Waals surface area contributed by atoms with Gasteiger partial charge in [-0.05, 0) is 55.2 Å². The highest BCUT2D eigenvalue weighted by atomic mass is 16.2. The molecule has 1 aliphatic heterocycles. The molecule has 0 radical (unpaired) electrons. The molecule has 0 saturated carbocycles. The molecule has 6 heteroatoms. The first-order chi connectivity index (χ1) is 14.7. The highest BCUT2D eigenvalue weighted by molar-refractivity contribution is 6.06. The van der Waals surface area contributed by atoms with Gasteiger partial charge in [0.25, 0.3) is 0 Å². The van der Waals surface area contributed by atoms with Gasteiger partial charge in [-0.15, -0.1) is 0 Å². The van der Waals surface area contributed by atoms with Crippen LogP contribution in [0, 0.1) is 0 Å². The summed E-state index contributed by atoms with van der Waals surface area (Å²) in [6.45, 7) is 2.10. The third kappa shape index (κ3) is 3.39. The lowest BCUT2D eigenvalue weighted by molar-refractivity contribution is -0.117. The lowest BCUT2D eigenvalue weighted by atomic mass is 10.0. The van der Waals surface area contributed by atoms with Crippen LogP contribution in [-0.4, -0.2) is 35.0 Å². The molecule has 4 N–H and O–H groups in total. The van der Waals surface area contributed by atoms with Crippen LogP contribution in [0.4, 0.5) is 11.4 Å². The molecule has 1 atom stereocenters. The molecule has 152 valence electrons. The molecule has 6 nitrogen and oxygen atoms in total. The van der Waals surface area contributed by atoms with E-state index in [0.717, 1.165) is 51.8 Å². The number of nitrogens with two attached hydrogens (primary N) is 1. The van der Waals surface area contributed by atoms with Crippen molar-refractivity contribution >= 4 is 39.1 Å². The van der Waals surface area contributed by atoms with E-state index in [1.165, 1.54) is 12.8 Å². The average molecular weight is 399 g/mol. The van der Waals surface area contributed by atoms with E-state index in [1.807, 2.05) is 48.7 Å². The van der Waals surface area contributed by atoms with Gasteiger partial charge < -0.3 is 20.9 Å². The van der Waals surface area contributed by atoms with Crippen LogP contribution in [0.25, 0.3) is 21.8 Å². The number of carbonyl (C=O) groups is 1. The second-order valence-corrected chi connectivity index (χ2v) is 7.89. The topological polar surface area (TPSA) is 87.0 Å². The maximum atomic E-state index is 12.9. The van der Waals surface area contributed by atoms with Gasteiger partial charge in [-0.2, -0.15) is 0 Å². The van der Waals surface area contributed by atoms with Crippen LogP contribution in [0.3, 0.4) is 0 Å². The number of aromatic amines is 1. The van der Waals surface area contributed by atoms with Gasteiger partial charge in [-0.1, -0.05) is 18.2 Å². The Labute approximate surface area is 175 Å². The van der Waals surface area contributed by atoms with Gasteiger partial charge in [0, 0.05) is 41.8 Å². The minimum atomic E-state index is -0.644. The Morgan fingerprint density at radius 3 is 2.77 bits per heavy atom. The Hall–Kier alpha value is -3.38. The summed E-state index contributed by atoms with van der Waals surface area (Å²) < 4.78 is 0. The van der Waals surface area contributed by atoms with Crippen molar-refractivity contribution in [2.24, 2.45) is 5.73 Å². The van der Waals surface area contributed by atoms with E-state index in [-0.39, 0.29) is 5.91 Å². The van der Waals surface area contributed by atoms with Gasteiger partial charge in [-0.3, -0.25) is 9.78 Å². The largest absolute Gasteiger partial charge is 0.370 e. The average Bonchev–Trinajstić information content (AvgIpc) is 3.45. The van der Waals surface area contributed by atoms with Crippen LogP contribution in [0.5, 0.6) is 0 Å². The number of pyridine rings is 1. The molecular formula is C24H25N5O. The van der Waals surface area contributed by atoms with E-state index < -0.39 is 6.04 Å². The summed E-state index contributed by atoms with van der Waals surface area (Å²) in [5.41, 5.74) is 11.2. The number of nitrogens with zero attached hydrogens (tertiary/aromatic N) is 2. The number of para-hydroxylation sites is 1. The molecule has 0 unspecified atom stereocenters. The molecule has 5 rings (SSSR count). The number of aromatic nitrogens is 2. The minimum absolute atomic E-state index is 0.195. The van der Waals surface area contributed by atoms with E-state index in [0.29, 0.717) is 6.42 Å². The summed E-state index contributed by atoms with van der Waals surface area (Å²) in [4.78, 5) is 23.1. The molecule has 3 heterocycles. The molecule has 1 saturated heterocycles. The molecule has 1 amide bonds. The summed E-state index contributed by atoms with van der Waals surface area (Å²) in [6, 6.07) is 15.3. The smallest absolute Gasteiger partial charge is 0.241 e. The van der Waals surface area contributed by atoms with Crippen molar-refractivity contribution in [1.29, 1.82) is 0 Å². The number of hydrogen-bond acceptors (Lipinski definition) is 4. The number of hydrogen-bond donors (Lipinski definition) is 3.